The van der Waals surface area contributed by atoms with E-state index in [1.54, 1.807) is 44.3 Å². The summed E-state index contributed by atoms with van der Waals surface area (Å²) in [5.74, 6) is -2.57. The summed E-state index contributed by atoms with van der Waals surface area (Å²) in [4.78, 5) is 61.8. The van der Waals surface area contributed by atoms with E-state index in [0.717, 1.165) is 5.56 Å². The van der Waals surface area contributed by atoms with Crippen LogP contribution in [0.2, 0.25) is 0 Å². The SMILES string of the molecule is CCOC(=O)c1[nH]cc2c1[C@H]1C[C@@H]2[C@]23C=NC(C(=O)OCC)[C@]12C(=O)c1ccccc1C3=O. The van der Waals surface area contributed by atoms with Crippen molar-refractivity contribution >= 4 is 29.7 Å². The lowest BCUT2D eigenvalue weighted by Crippen LogP contribution is -2.62. The number of nitrogens with zero attached hydrogens (tertiary/aromatic N) is 1. The fourth-order valence-corrected chi connectivity index (χ4v) is 6.98. The molecule has 33 heavy (non-hydrogen) atoms. The summed E-state index contributed by atoms with van der Waals surface area (Å²) in [6.45, 7) is 3.74. The maximum absolute atomic E-state index is 14.3. The first-order valence-corrected chi connectivity index (χ1v) is 11.2. The zero-order valence-electron chi connectivity index (χ0n) is 18.2. The van der Waals surface area contributed by atoms with Crippen molar-refractivity contribution < 1.29 is 28.7 Å². The number of ether oxygens (including phenoxy) is 2. The summed E-state index contributed by atoms with van der Waals surface area (Å²) >= 11 is 0. The number of aromatic amines is 1. The minimum atomic E-state index is -1.47. The summed E-state index contributed by atoms with van der Waals surface area (Å²) < 4.78 is 10.6. The number of esters is 2. The van der Waals surface area contributed by atoms with Crippen molar-refractivity contribution in [2.24, 2.45) is 15.8 Å². The Kier molecular flexibility index (Phi) is 3.95. The van der Waals surface area contributed by atoms with Crippen LogP contribution in [0.15, 0.2) is 35.5 Å². The number of aliphatic imine (C=N–C) groups is 1. The van der Waals surface area contributed by atoms with Gasteiger partial charge in [-0.15, -0.1) is 0 Å². The Bertz CT molecular complexity index is 1290. The molecule has 1 aromatic carbocycles. The number of ketones is 2. The van der Waals surface area contributed by atoms with Gasteiger partial charge >= 0.3 is 11.9 Å². The second kappa shape index (κ2) is 6.50. The number of carbonyl (C=O) groups is 4. The highest BCUT2D eigenvalue weighted by atomic mass is 16.5. The van der Waals surface area contributed by atoms with Gasteiger partial charge in [-0.3, -0.25) is 14.6 Å². The molecule has 168 valence electrons. The predicted octanol–water partition coefficient (Wildman–Crippen LogP) is 2.84. The van der Waals surface area contributed by atoms with Crippen molar-refractivity contribution in [2.75, 3.05) is 13.2 Å². The normalized spacial score (nSPS) is 32.2. The molecule has 3 aliphatic carbocycles. The number of Topliss-reactive ketones (excluding diaryl/α,β-unsaturated/α-hetero) is 2. The van der Waals surface area contributed by atoms with Crippen LogP contribution in [0.3, 0.4) is 0 Å². The number of rotatable bonds is 4. The molecule has 0 radical (unpaired) electrons. The van der Waals surface area contributed by atoms with Crippen molar-refractivity contribution in [3.63, 3.8) is 0 Å². The zero-order chi connectivity index (χ0) is 23.1. The molecule has 2 heterocycles. The molecule has 1 unspecified atom stereocenters. The van der Waals surface area contributed by atoms with Crippen LogP contribution in [0.4, 0.5) is 0 Å². The highest BCUT2D eigenvalue weighted by Gasteiger charge is 2.82. The first-order valence-electron chi connectivity index (χ1n) is 11.2. The highest BCUT2D eigenvalue weighted by molar-refractivity contribution is 6.28. The third kappa shape index (κ3) is 2.01. The van der Waals surface area contributed by atoms with E-state index in [0.29, 0.717) is 23.1 Å². The lowest BCUT2D eigenvalue weighted by molar-refractivity contribution is -0.147. The van der Waals surface area contributed by atoms with E-state index >= 15 is 0 Å². The third-order valence-electron chi connectivity index (χ3n) is 7.95. The number of benzene rings is 1. The van der Waals surface area contributed by atoms with Crippen molar-refractivity contribution in [1.82, 2.24) is 4.98 Å². The van der Waals surface area contributed by atoms with Gasteiger partial charge in [-0.25, -0.2) is 9.59 Å². The summed E-state index contributed by atoms with van der Waals surface area (Å²) in [5, 5.41) is 0. The van der Waals surface area contributed by atoms with Gasteiger partial charge in [0.15, 0.2) is 17.6 Å². The van der Waals surface area contributed by atoms with Crippen molar-refractivity contribution in [2.45, 2.75) is 38.1 Å². The quantitative estimate of drug-likeness (QED) is 0.723. The van der Waals surface area contributed by atoms with Crippen molar-refractivity contribution in [1.29, 1.82) is 0 Å². The molecule has 1 N–H and O–H groups in total. The molecule has 1 aromatic heterocycles. The minimum absolute atomic E-state index is 0.129. The summed E-state index contributed by atoms with van der Waals surface area (Å²) in [7, 11) is 0. The van der Waals surface area contributed by atoms with Crippen LogP contribution in [-0.2, 0) is 14.3 Å². The van der Waals surface area contributed by atoms with Gasteiger partial charge in [0.2, 0.25) is 0 Å². The Morgan fingerprint density at radius 1 is 1.06 bits per heavy atom. The van der Waals surface area contributed by atoms with Crippen LogP contribution < -0.4 is 0 Å². The predicted molar refractivity (Wildman–Crippen MR) is 116 cm³/mol. The van der Waals surface area contributed by atoms with Gasteiger partial charge in [0, 0.05) is 35.4 Å². The number of nitrogens with one attached hydrogen (secondary N) is 1. The summed E-state index contributed by atoms with van der Waals surface area (Å²) in [5.41, 5.74) is -0.363. The third-order valence-corrected chi connectivity index (χ3v) is 7.95. The number of hydrogen-bond acceptors (Lipinski definition) is 7. The Morgan fingerprint density at radius 3 is 2.45 bits per heavy atom. The van der Waals surface area contributed by atoms with E-state index in [1.807, 2.05) is 0 Å². The highest BCUT2D eigenvalue weighted by Crippen LogP contribution is 2.77. The van der Waals surface area contributed by atoms with Crippen molar-refractivity contribution in [3.05, 3.63) is 58.4 Å². The van der Waals surface area contributed by atoms with Crippen molar-refractivity contribution in [3.8, 4) is 0 Å². The lowest BCUT2D eigenvalue weighted by Gasteiger charge is -2.50. The van der Waals surface area contributed by atoms with E-state index in [4.69, 9.17) is 9.47 Å². The van der Waals surface area contributed by atoms with Crippen LogP contribution in [0.5, 0.6) is 0 Å². The fourth-order valence-electron chi connectivity index (χ4n) is 6.98. The van der Waals surface area contributed by atoms with E-state index < -0.39 is 34.7 Å². The van der Waals surface area contributed by atoms with Gasteiger partial charge in [-0.1, -0.05) is 24.3 Å². The Labute approximate surface area is 189 Å². The largest absolute Gasteiger partial charge is 0.464 e. The molecule has 6 rings (SSSR count). The molecule has 2 aromatic rings. The second-order valence-electron chi connectivity index (χ2n) is 8.97. The Balaban J connectivity index is 1.64. The molecular formula is C25H22N2O6. The molecule has 2 bridgehead atoms. The number of aromatic nitrogens is 1. The Morgan fingerprint density at radius 2 is 1.76 bits per heavy atom. The van der Waals surface area contributed by atoms with Crippen LogP contribution in [-0.4, -0.2) is 54.0 Å². The van der Waals surface area contributed by atoms with E-state index in [2.05, 4.69) is 9.98 Å². The number of hydrogen-bond donors (Lipinski definition) is 1. The van der Waals surface area contributed by atoms with Crippen LogP contribution >= 0.6 is 0 Å². The van der Waals surface area contributed by atoms with Gasteiger partial charge in [-0.2, -0.15) is 0 Å². The average molecular weight is 446 g/mol. The molecule has 1 aliphatic heterocycles. The first kappa shape index (κ1) is 20.1. The van der Waals surface area contributed by atoms with Gasteiger partial charge in [0.05, 0.1) is 24.0 Å². The second-order valence-corrected chi connectivity index (χ2v) is 8.97. The molecule has 0 spiro atoms. The van der Waals surface area contributed by atoms with Gasteiger partial charge in [0.25, 0.3) is 0 Å². The number of H-pyrrole nitrogens is 1. The first-order chi connectivity index (χ1) is 15.9. The molecule has 1 fully saturated rings. The maximum Gasteiger partial charge on any atom is 0.355 e. The van der Waals surface area contributed by atoms with Crippen LogP contribution in [0.1, 0.15) is 74.4 Å². The minimum Gasteiger partial charge on any atom is -0.464 e. The van der Waals surface area contributed by atoms with E-state index in [-0.39, 0.29) is 36.4 Å². The summed E-state index contributed by atoms with van der Waals surface area (Å²) in [6.07, 6.45) is 3.74. The summed E-state index contributed by atoms with van der Waals surface area (Å²) in [6, 6.07) is 5.58. The lowest BCUT2D eigenvalue weighted by atomic mass is 9.47. The van der Waals surface area contributed by atoms with E-state index in [9.17, 15) is 19.2 Å². The molecular weight excluding hydrogens is 424 g/mol. The van der Waals surface area contributed by atoms with Gasteiger partial charge in [-0.05, 0) is 31.4 Å². The maximum atomic E-state index is 14.3. The molecule has 4 aliphatic rings. The molecule has 8 heteroatoms. The molecule has 8 nitrogen and oxygen atoms in total. The number of fused-ring (bicyclic) bond motifs is 6. The van der Waals surface area contributed by atoms with Crippen LogP contribution in [0, 0.1) is 10.8 Å². The van der Waals surface area contributed by atoms with E-state index in [1.165, 1.54) is 6.21 Å². The molecule has 0 amide bonds. The molecule has 0 saturated heterocycles. The van der Waals surface area contributed by atoms with Crippen LogP contribution in [0.25, 0.3) is 0 Å². The molecule has 5 atom stereocenters. The zero-order valence-corrected chi connectivity index (χ0v) is 18.2. The van der Waals surface area contributed by atoms with Gasteiger partial charge < -0.3 is 14.5 Å². The standard InChI is InChI=1S/C25H22N2O6/c1-3-32-22(30)18-17-14(10-26-18)15-9-16(17)25-19(23(31)33-4-2)27-11-24(15,25)20(28)12-7-5-6-8-13(12)21(25)29/h5-8,10-11,15-16,19,26H,3-4,9H2,1-2H3/t15-,16+,19?,24-,25-/m0/s1. The number of carbonyl (C=O) groups excluding carboxylic acids is 4. The van der Waals surface area contributed by atoms with Gasteiger partial charge in [0.1, 0.15) is 5.69 Å². The molecule has 1 saturated carbocycles. The monoisotopic (exact) mass is 446 g/mol. The fraction of sp³-hybridized carbons (Fsp3) is 0.400. The smallest absolute Gasteiger partial charge is 0.355 e. The average Bonchev–Trinajstić information content (AvgIpc) is 3.54. The Hall–Kier alpha value is -3.55. The topological polar surface area (TPSA) is 115 Å².